The Kier molecular flexibility index (Phi) is 6.76. The lowest BCUT2D eigenvalue weighted by atomic mass is 9.79. The number of hydrogen-bond acceptors (Lipinski definition) is 4. The van der Waals surface area contributed by atoms with Gasteiger partial charge < -0.3 is 15.4 Å². The van der Waals surface area contributed by atoms with Crippen molar-refractivity contribution in [2.24, 2.45) is 0 Å². The van der Waals surface area contributed by atoms with E-state index in [4.69, 9.17) is 4.74 Å². The lowest BCUT2D eigenvalue weighted by Gasteiger charge is -2.27. The number of hydrogen-bond donors (Lipinski definition) is 2. The first-order valence-electron chi connectivity index (χ1n) is 9.64. The van der Waals surface area contributed by atoms with Gasteiger partial charge in [-0.05, 0) is 54.8 Å². The van der Waals surface area contributed by atoms with Gasteiger partial charge in [0.2, 0.25) is 5.91 Å². The third kappa shape index (κ3) is 5.20. The molecule has 0 radical (unpaired) electrons. The van der Waals surface area contributed by atoms with Crippen LogP contribution in [0.3, 0.4) is 0 Å². The van der Waals surface area contributed by atoms with Crippen molar-refractivity contribution in [1.29, 1.82) is 0 Å². The van der Waals surface area contributed by atoms with Crippen LogP contribution in [0.4, 0.5) is 14.5 Å². The van der Waals surface area contributed by atoms with Gasteiger partial charge in [-0.2, -0.15) is 0 Å². The molecule has 1 aliphatic carbocycles. The van der Waals surface area contributed by atoms with E-state index in [2.05, 4.69) is 10.6 Å². The minimum atomic E-state index is -0.881. The molecule has 0 heterocycles. The van der Waals surface area contributed by atoms with Crippen LogP contribution in [0.5, 0.6) is 0 Å². The Labute approximate surface area is 172 Å². The molecule has 0 aliphatic heterocycles. The first-order chi connectivity index (χ1) is 14.4. The molecule has 1 aliphatic rings. The maximum atomic E-state index is 13.2. The fourth-order valence-electron chi connectivity index (χ4n) is 3.60. The largest absolute Gasteiger partial charge is 0.455 e. The molecule has 6 nitrogen and oxygen atoms in total. The molecule has 8 heteroatoms. The smallest absolute Gasteiger partial charge is 0.317 e. The predicted octanol–water partition coefficient (Wildman–Crippen LogP) is 3.07. The molecule has 0 atom stereocenters. The summed E-state index contributed by atoms with van der Waals surface area (Å²) in [5.74, 6) is -2.47. The average Bonchev–Trinajstić information content (AvgIpc) is 3.24. The highest BCUT2D eigenvalue weighted by atomic mass is 19.1. The van der Waals surface area contributed by atoms with E-state index in [-0.39, 0.29) is 6.54 Å². The predicted molar refractivity (Wildman–Crippen MR) is 106 cm³/mol. The standard InChI is InChI=1S/C22H22F2N2O4/c23-16-5-3-15(4-6-16)22(11-1-2-12-22)21(29)30-14-20(28)25-13-19(27)26-18-9-7-17(24)8-10-18/h3-10H,1-2,11-14H2,(H,25,28)(H,26,27). The van der Waals surface area contributed by atoms with Crippen molar-refractivity contribution in [1.82, 2.24) is 5.32 Å². The van der Waals surface area contributed by atoms with Crippen LogP contribution in [0.25, 0.3) is 0 Å². The van der Waals surface area contributed by atoms with Gasteiger partial charge in [-0.1, -0.05) is 25.0 Å². The number of carbonyl (C=O) groups is 3. The average molecular weight is 416 g/mol. The number of esters is 1. The Balaban J connectivity index is 1.49. The quantitative estimate of drug-likeness (QED) is 0.680. The van der Waals surface area contributed by atoms with E-state index < -0.39 is 41.4 Å². The van der Waals surface area contributed by atoms with E-state index in [1.54, 1.807) is 12.1 Å². The number of anilines is 1. The summed E-state index contributed by atoms with van der Waals surface area (Å²) in [6.07, 6.45) is 2.81. The highest BCUT2D eigenvalue weighted by molar-refractivity contribution is 5.95. The lowest BCUT2D eigenvalue weighted by molar-refractivity contribution is -0.154. The Hall–Kier alpha value is -3.29. The summed E-state index contributed by atoms with van der Waals surface area (Å²) in [6.45, 7) is -0.845. The van der Waals surface area contributed by atoms with Gasteiger partial charge in [0.25, 0.3) is 5.91 Å². The van der Waals surface area contributed by atoms with Gasteiger partial charge in [0.05, 0.1) is 12.0 Å². The zero-order chi connectivity index (χ0) is 21.6. The van der Waals surface area contributed by atoms with Crippen LogP contribution in [0, 0.1) is 11.6 Å². The molecule has 0 spiro atoms. The number of benzene rings is 2. The minimum absolute atomic E-state index is 0.323. The number of amides is 2. The molecule has 2 aromatic rings. The molecular weight excluding hydrogens is 394 g/mol. The number of rotatable bonds is 7. The molecule has 30 heavy (non-hydrogen) atoms. The summed E-state index contributed by atoms with van der Waals surface area (Å²) in [4.78, 5) is 36.6. The van der Waals surface area contributed by atoms with Crippen LogP contribution in [-0.4, -0.2) is 30.9 Å². The summed E-state index contributed by atoms with van der Waals surface area (Å²) < 4.78 is 31.3. The van der Waals surface area contributed by atoms with Crippen molar-refractivity contribution in [2.45, 2.75) is 31.1 Å². The van der Waals surface area contributed by atoms with Crippen molar-refractivity contribution in [3.63, 3.8) is 0 Å². The Morgan fingerprint density at radius 1 is 0.867 bits per heavy atom. The van der Waals surface area contributed by atoms with E-state index in [9.17, 15) is 23.2 Å². The molecule has 0 bridgehead atoms. The van der Waals surface area contributed by atoms with Gasteiger partial charge in [-0.25, -0.2) is 8.78 Å². The van der Waals surface area contributed by atoms with E-state index >= 15 is 0 Å². The van der Waals surface area contributed by atoms with E-state index in [0.717, 1.165) is 12.8 Å². The zero-order valence-electron chi connectivity index (χ0n) is 16.3. The second kappa shape index (κ2) is 9.47. The van der Waals surface area contributed by atoms with Crippen LogP contribution in [0.15, 0.2) is 48.5 Å². The third-order valence-electron chi connectivity index (χ3n) is 5.15. The molecule has 158 valence electrons. The highest BCUT2D eigenvalue weighted by Crippen LogP contribution is 2.42. The van der Waals surface area contributed by atoms with Gasteiger partial charge in [0.1, 0.15) is 11.6 Å². The van der Waals surface area contributed by atoms with Crippen molar-refractivity contribution in [2.75, 3.05) is 18.5 Å². The molecule has 0 aromatic heterocycles. The maximum Gasteiger partial charge on any atom is 0.317 e. The second-order valence-corrected chi connectivity index (χ2v) is 7.20. The minimum Gasteiger partial charge on any atom is -0.455 e. The zero-order valence-corrected chi connectivity index (χ0v) is 16.3. The first kappa shape index (κ1) is 21.4. The fraction of sp³-hybridized carbons (Fsp3) is 0.318. The molecule has 3 rings (SSSR count). The summed E-state index contributed by atoms with van der Waals surface area (Å²) in [5.41, 5.74) is 0.184. The number of nitrogens with one attached hydrogen (secondary N) is 2. The van der Waals surface area contributed by atoms with Crippen LogP contribution < -0.4 is 10.6 Å². The molecule has 2 aromatic carbocycles. The summed E-state index contributed by atoms with van der Waals surface area (Å²) in [6, 6.07) is 10.9. The van der Waals surface area contributed by atoms with Gasteiger partial charge in [-0.15, -0.1) is 0 Å². The molecular formula is C22H22F2N2O4. The van der Waals surface area contributed by atoms with Gasteiger partial charge in [-0.3, -0.25) is 14.4 Å². The maximum absolute atomic E-state index is 13.2. The van der Waals surface area contributed by atoms with E-state index in [1.165, 1.54) is 36.4 Å². The Morgan fingerprint density at radius 3 is 2.03 bits per heavy atom. The fourth-order valence-corrected chi connectivity index (χ4v) is 3.60. The SMILES string of the molecule is O=C(COC(=O)C1(c2ccc(F)cc2)CCCC1)NCC(=O)Nc1ccc(F)cc1. The Bertz CT molecular complexity index is 908. The van der Waals surface area contributed by atoms with Crippen molar-refractivity contribution < 1.29 is 27.9 Å². The highest BCUT2D eigenvalue weighted by Gasteiger charge is 2.44. The number of carbonyl (C=O) groups excluding carboxylic acids is 3. The molecule has 1 saturated carbocycles. The van der Waals surface area contributed by atoms with Crippen LogP contribution in [-0.2, 0) is 24.5 Å². The van der Waals surface area contributed by atoms with Crippen molar-refractivity contribution in [3.8, 4) is 0 Å². The first-order valence-corrected chi connectivity index (χ1v) is 9.64. The molecule has 1 fully saturated rings. The number of ether oxygens (including phenoxy) is 1. The summed E-state index contributed by atoms with van der Waals surface area (Å²) in [5, 5.41) is 4.88. The monoisotopic (exact) mass is 416 g/mol. The Morgan fingerprint density at radius 2 is 1.43 bits per heavy atom. The lowest BCUT2D eigenvalue weighted by Crippen LogP contribution is -2.39. The molecule has 2 N–H and O–H groups in total. The van der Waals surface area contributed by atoms with Crippen LogP contribution >= 0.6 is 0 Å². The van der Waals surface area contributed by atoms with Gasteiger partial charge >= 0.3 is 5.97 Å². The van der Waals surface area contributed by atoms with Crippen LogP contribution in [0.2, 0.25) is 0 Å². The van der Waals surface area contributed by atoms with E-state index in [0.29, 0.717) is 24.1 Å². The summed E-state index contributed by atoms with van der Waals surface area (Å²) >= 11 is 0. The second-order valence-electron chi connectivity index (χ2n) is 7.20. The molecule has 0 unspecified atom stereocenters. The van der Waals surface area contributed by atoms with E-state index in [1.807, 2.05) is 0 Å². The van der Waals surface area contributed by atoms with Crippen LogP contribution in [0.1, 0.15) is 31.2 Å². The normalized spacial score (nSPS) is 14.7. The topological polar surface area (TPSA) is 84.5 Å². The molecule has 2 amide bonds. The van der Waals surface area contributed by atoms with Crippen molar-refractivity contribution >= 4 is 23.5 Å². The summed E-state index contributed by atoms with van der Waals surface area (Å²) in [7, 11) is 0. The molecule has 0 saturated heterocycles. The van der Waals surface area contributed by atoms with Gasteiger partial charge in [0, 0.05) is 5.69 Å². The number of halogens is 2. The van der Waals surface area contributed by atoms with Gasteiger partial charge in [0.15, 0.2) is 6.61 Å². The third-order valence-corrected chi connectivity index (χ3v) is 5.15. The van der Waals surface area contributed by atoms with Crippen molar-refractivity contribution in [3.05, 3.63) is 65.7 Å².